The van der Waals surface area contributed by atoms with Crippen LogP contribution in [0.3, 0.4) is 0 Å². The number of fused-ring (bicyclic) bond motifs is 1. The minimum Gasteiger partial charge on any atom is -0.493 e. The topological polar surface area (TPSA) is 51.2 Å². The normalized spacial score (nSPS) is 16.2. The highest BCUT2D eigenvalue weighted by molar-refractivity contribution is 5.76. The fourth-order valence-electron chi connectivity index (χ4n) is 3.90. The second kappa shape index (κ2) is 9.18. The third-order valence-corrected chi connectivity index (χ3v) is 5.53. The molecule has 0 spiro atoms. The van der Waals surface area contributed by atoms with Crippen LogP contribution >= 0.6 is 0 Å². The third-order valence-electron chi connectivity index (χ3n) is 5.53. The van der Waals surface area contributed by atoms with Crippen molar-refractivity contribution in [3.05, 3.63) is 53.6 Å². The summed E-state index contributed by atoms with van der Waals surface area (Å²) in [5, 5.41) is 0. The summed E-state index contributed by atoms with van der Waals surface area (Å²) < 4.78 is 16.6. The Labute approximate surface area is 172 Å². The van der Waals surface area contributed by atoms with Crippen molar-refractivity contribution >= 4 is 5.91 Å². The van der Waals surface area contributed by atoms with E-state index in [1.807, 2.05) is 29.2 Å². The molecule has 6 heteroatoms. The zero-order valence-electron chi connectivity index (χ0n) is 16.9. The van der Waals surface area contributed by atoms with Crippen LogP contribution in [0, 0.1) is 0 Å². The third kappa shape index (κ3) is 4.82. The Kier molecular flexibility index (Phi) is 6.20. The lowest BCUT2D eigenvalue weighted by atomic mass is 10.1. The summed E-state index contributed by atoms with van der Waals surface area (Å²) >= 11 is 0. The molecule has 6 nitrogen and oxygen atoms in total. The Hall–Kier alpha value is -2.73. The molecule has 2 aromatic carbocycles. The Morgan fingerprint density at radius 3 is 2.66 bits per heavy atom. The van der Waals surface area contributed by atoms with E-state index < -0.39 is 0 Å². The van der Waals surface area contributed by atoms with Crippen molar-refractivity contribution in [2.24, 2.45) is 0 Å². The predicted octanol–water partition coefficient (Wildman–Crippen LogP) is 2.74. The molecule has 1 saturated heterocycles. The number of para-hydroxylation sites is 2. The SMILES string of the molecule is COc1ccccc1OCCC(=O)N1CCN(Cc2ccc3c(c2)CCO3)CC1. The molecule has 0 saturated carbocycles. The highest BCUT2D eigenvalue weighted by atomic mass is 16.5. The minimum atomic E-state index is 0.147. The first-order valence-corrected chi connectivity index (χ1v) is 10.2. The van der Waals surface area contributed by atoms with Crippen molar-refractivity contribution < 1.29 is 19.0 Å². The molecule has 0 aromatic heterocycles. The zero-order chi connectivity index (χ0) is 20.1. The van der Waals surface area contributed by atoms with Crippen LogP contribution in [0.4, 0.5) is 0 Å². The maximum absolute atomic E-state index is 12.5. The number of benzene rings is 2. The summed E-state index contributed by atoms with van der Waals surface area (Å²) in [4.78, 5) is 16.9. The van der Waals surface area contributed by atoms with Gasteiger partial charge in [0.1, 0.15) is 5.75 Å². The van der Waals surface area contributed by atoms with Gasteiger partial charge in [0.25, 0.3) is 0 Å². The molecule has 154 valence electrons. The fraction of sp³-hybridized carbons (Fsp3) is 0.435. The van der Waals surface area contributed by atoms with Gasteiger partial charge in [0.15, 0.2) is 11.5 Å². The van der Waals surface area contributed by atoms with Gasteiger partial charge >= 0.3 is 0 Å². The zero-order valence-corrected chi connectivity index (χ0v) is 16.9. The number of carbonyl (C=O) groups is 1. The van der Waals surface area contributed by atoms with Gasteiger partial charge < -0.3 is 19.1 Å². The highest BCUT2D eigenvalue weighted by Crippen LogP contribution is 2.27. The number of rotatable bonds is 7. The summed E-state index contributed by atoms with van der Waals surface area (Å²) in [7, 11) is 1.61. The summed E-state index contributed by atoms with van der Waals surface area (Å²) in [6, 6.07) is 14.0. The van der Waals surface area contributed by atoms with Crippen molar-refractivity contribution in [1.82, 2.24) is 9.80 Å². The summed E-state index contributed by atoms with van der Waals surface area (Å²) in [6.45, 7) is 5.39. The van der Waals surface area contributed by atoms with E-state index in [0.29, 0.717) is 24.5 Å². The van der Waals surface area contributed by atoms with Gasteiger partial charge in [0.05, 0.1) is 26.7 Å². The van der Waals surface area contributed by atoms with Crippen LogP contribution in [0.5, 0.6) is 17.2 Å². The number of ether oxygens (including phenoxy) is 3. The van der Waals surface area contributed by atoms with E-state index in [4.69, 9.17) is 14.2 Å². The quantitative estimate of drug-likeness (QED) is 0.720. The minimum absolute atomic E-state index is 0.147. The Morgan fingerprint density at radius 1 is 1.07 bits per heavy atom. The molecule has 4 rings (SSSR count). The van der Waals surface area contributed by atoms with Gasteiger partial charge in [-0.2, -0.15) is 0 Å². The fourth-order valence-corrected chi connectivity index (χ4v) is 3.90. The van der Waals surface area contributed by atoms with Crippen molar-refractivity contribution in [2.45, 2.75) is 19.4 Å². The molecule has 0 atom stereocenters. The maximum Gasteiger partial charge on any atom is 0.226 e. The van der Waals surface area contributed by atoms with Crippen molar-refractivity contribution in [2.75, 3.05) is 46.5 Å². The van der Waals surface area contributed by atoms with Crippen molar-refractivity contribution in [3.8, 4) is 17.2 Å². The Balaban J connectivity index is 1.20. The van der Waals surface area contributed by atoms with Crippen LogP contribution in [0.25, 0.3) is 0 Å². The first-order valence-electron chi connectivity index (χ1n) is 10.2. The molecule has 0 aliphatic carbocycles. The molecule has 0 bridgehead atoms. The van der Waals surface area contributed by atoms with Crippen LogP contribution in [-0.4, -0.2) is 62.2 Å². The van der Waals surface area contributed by atoms with E-state index in [0.717, 1.165) is 51.5 Å². The van der Waals surface area contributed by atoms with Crippen LogP contribution in [0.1, 0.15) is 17.5 Å². The van der Waals surface area contributed by atoms with Gasteiger partial charge in [-0.05, 0) is 29.3 Å². The number of carbonyl (C=O) groups excluding carboxylic acids is 1. The molecule has 2 aliphatic rings. The van der Waals surface area contributed by atoms with Crippen LogP contribution in [0.2, 0.25) is 0 Å². The lowest BCUT2D eigenvalue weighted by molar-refractivity contribution is -0.133. The number of nitrogens with zero attached hydrogens (tertiary/aromatic N) is 2. The van der Waals surface area contributed by atoms with Gasteiger partial charge in [0, 0.05) is 39.1 Å². The first kappa shape index (κ1) is 19.6. The Bertz CT molecular complexity index is 847. The monoisotopic (exact) mass is 396 g/mol. The van der Waals surface area contributed by atoms with E-state index in [1.54, 1.807) is 7.11 Å². The molecule has 2 heterocycles. The molecule has 0 N–H and O–H groups in total. The van der Waals surface area contributed by atoms with Gasteiger partial charge in [-0.25, -0.2) is 0 Å². The summed E-state index contributed by atoms with van der Waals surface area (Å²) in [5.74, 6) is 2.53. The first-order chi connectivity index (χ1) is 14.2. The molecule has 0 unspecified atom stereocenters. The Morgan fingerprint density at radius 2 is 1.86 bits per heavy atom. The summed E-state index contributed by atoms with van der Waals surface area (Å²) in [6.07, 6.45) is 1.38. The summed E-state index contributed by atoms with van der Waals surface area (Å²) in [5.41, 5.74) is 2.63. The largest absolute Gasteiger partial charge is 0.493 e. The van der Waals surface area contributed by atoms with E-state index >= 15 is 0 Å². The molecule has 1 amide bonds. The van der Waals surface area contributed by atoms with Gasteiger partial charge in [-0.3, -0.25) is 9.69 Å². The average Bonchev–Trinajstić information content (AvgIpc) is 3.22. The molecule has 2 aliphatic heterocycles. The van der Waals surface area contributed by atoms with E-state index in [2.05, 4.69) is 23.1 Å². The number of methoxy groups -OCH3 is 1. The van der Waals surface area contributed by atoms with E-state index in [1.165, 1.54) is 11.1 Å². The number of amides is 1. The highest BCUT2D eigenvalue weighted by Gasteiger charge is 2.21. The smallest absolute Gasteiger partial charge is 0.226 e. The molecule has 29 heavy (non-hydrogen) atoms. The van der Waals surface area contributed by atoms with Gasteiger partial charge in [-0.1, -0.05) is 24.3 Å². The van der Waals surface area contributed by atoms with Crippen LogP contribution in [0.15, 0.2) is 42.5 Å². The van der Waals surface area contributed by atoms with Crippen LogP contribution in [-0.2, 0) is 17.8 Å². The van der Waals surface area contributed by atoms with Crippen molar-refractivity contribution in [1.29, 1.82) is 0 Å². The number of hydrogen-bond acceptors (Lipinski definition) is 5. The van der Waals surface area contributed by atoms with E-state index in [9.17, 15) is 4.79 Å². The standard InChI is InChI=1S/C23H28N2O4/c1-27-21-4-2-3-5-22(21)29-15-9-23(26)25-12-10-24(11-13-25)17-18-6-7-20-19(16-18)8-14-28-20/h2-7,16H,8-15,17H2,1H3. The van der Waals surface area contributed by atoms with Crippen LogP contribution < -0.4 is 14.2 Å². The molecule has 2 aromatic rings. The molecule has 0 radical (unpaired) electrons. The predicted molar refractivity (Wildman–Crippen MR) is 111 cm³/mol. The molecular formula is C23H28N2O4. The van der Waals surface area contributed by atoms with Gasteiger partial charge in [0.2, 0.25) is 5.91 Å². The van der Waals surface area contributed by atoms with Gasteiger partial charge in [-0.15, -0.1) is 0 Å². The molecule has 1 fully saturated rings. The van der Waals surface area contributed by atoms with E-state index in [-0.39, 0.29) is 5.91 Å². The molecular weight excluding hydrogens is 368 g/mol. The second-order valence-electron chi connectivity index (χ2n) is 7.45. The lowest BCUT2D eigenvalue weighted by Gasteiger charge is -2.34. The maximum atomic E-state index is 12.5. The number of piperazine rings is 1. The number of hydrogen-bond donors (Lipinski definition) is 0. The average molecular weight is 396 g/mol. The lowest BCUT2D eigenvalue weighted by Crippen LogP contribution is -2.48. The van der Waals surface area contributed by atoms with Crippen molar-refractivity contribution in [3.63, 3.8) is 0 Å². The second-order valence-corrected chi connectivity index (χ2v) is 7.45.